The van der Waals surface area contributed by atoms with E-state index >= 15 is 0 Å². The first-order valence-corrected chi connectivity index (χ1v) is 2.60. The Morgan fingerprint density at radius 2 is 2.50 bits per heavy atom. The highest BCUT2D eigenvalue weighted by Crippen LogP contribution is 1.84. The van der Waals surface area contributed by atoms with Crippen LogP contribution in [0.4, 0.5) is 0 Å². The lowest BCUT2D eigenvalue weighted by molar-refractivity contribution is -0.401. The Hall–Kier alpha value is -1.65. The first kappa shape index (κ1) is 6.47. The van der Waals surface area contributed by atoms with Crippen LogP contribution in [0.25, 0.3) is 6.20 Å². The molecule has 5 nitrogen and oxygen atoms in total. The zero-order valence-electron chi connectivity index (χ0n) is 5.04. The predicted molar refractivity (Wildman–Crippen MR) is 34.6 cm³/mol. The number of nitrogens with zero attached hydrogens (tertiary/aromatic N) is 3. The predicted octanol–water partition coefficient (Wildman–Crippen LogP) is 0.588. The molecule has 0 amide bonds. The summed E-state index contributed by atoms with van der Waals surface area (Å²) in [5.74, 6) is 0. The maximum Gasteiger partial charge on any atom is 0.252 e. The average Bonchev–Trinajstić information content (AvgIpc) is 2.34. The van der Waals surface area contributed by atoms with E-state index in [4.69, 9.17) is 0 Å². The van der Waals surface area contributed by atoms with E-state index in [-0.39, 0.29) is 0 Å². The van der Waals surface area contributed by atoms with Crippen LogP contribution in [0, 0.1) is 10.1 Å². The fraction of sp³-hybridized carbons (Fsp3) is 0. The van der Waals surface area contributed by atoms with Crippen molar-refractivity contribution in [3.05, 3.63) is 34.8 Å². The van der Waals surface area contributed by atoms with Crippen LogP contribution in [-0.2, 0) is 0 Å². The van der Waals surface area contributed by atoms with Crippen LogP contribution >= 0.6 is 0 Å². The third-order valence-corrected chi connectivity index (χ3v) is 0.866. The molecule has 1 rings (SSSR count). The fourth-order valence-electron chi connectivity index (χ4n) is 0.492. The van der Waals surface area contributed by atoms with Crippen LogP contribution in [0.5, 0.6) is 0 Å². The lowest BCUT2D eigenvalue weighted by atomic mass is 10.7. The minimum absolute atomic E-state index is 0.540. The number of aromatic nitrogens is 2. The SMILES string of the molecule is O=[N+]([O-])/C=C/n1cccn1. The van der Waals surface area contributed by atoms with E-state index in [1.165, 1.54) is 10.9 Å². The molecule has 1 aromatic heterocycles. The molecule has 0 aliphatic carbocycles. The van der Waals surface area contributed by atoms with E-state index in [9.17, 15) is 10.1 Å². The van der Waals surface area contributed by atoms with Crippen molar-refractivity contribution in [2.75, 3.05) is 0 Å². The van der Waals surface area contributed by atoms with Gasteiger partial charge in [-0.3, -0.25) is 10.1 Å². The molecule has 1 aromatic rings. The third kappa shape index (κ3) is 1.70. The fourth-order valence-corrected chi connectivity index (χ4v) is 0.492. The molecular formula is C5H5N3O2. The highest BCUT2D eigenvalue weighted by atomic mass is 16.6. The summed E-state index contributed by atoms with van der Waals surface area (Å²) in [5, 5.41) is 13.5. The first-order chi connectivity index (χ1) is 4.79. The zero-order valence-corrected chi connectivity index (χ0v) is 5.04. The Labute approximate surface area is 56.7 Å². The number of hydrogen-bond donors (Lipinski definition) is 0. The Balaban J connectivity index is 2.64. The smallest absolute Gasteiger partial charge is 0.252 e. The van der Waals surface area contributed by atoms with Gasteiger partial charge in [0, 0.05) is 12.4 Å². The lowest BCUT2D eigenvalue weighted by Crippen LogP contribution is -1.88. The molecular weight excluding hydrogens is 134 g/mol. The molecule has 10 heavy (non-hydrogen) atoms. The van der Waals surface area contributed by atoms with Crippen molar-refractivity contribution < 1.29 is 4.92 Å². The zero-order chi connectivity index (χ0) is 7.40. The summed E-state index contributed by atoms with van der Waals surface area (Å²) in [5.41, 5.74) is 0. The van der Waals surface area contributed by atoms with E-state index in [0.29, 0.717) is 0 Å². The van der Waals surface area contributed by atoms with Gasteiger partial charge < -0.3 is 0 Å². The molecule has 0 unspecified atom stereocenters. The van der Waals surface area contributed by atoms with Crippen molar-refractivity contribution in [2.24, 2.45) is 0 Å². The minimum Gasteiger partial charge on any atom is -0.259 e. The topological polar surface area (TPSA) is 61.0 Å². The summed E-state index contributed by atoms with van der Waals surface area (Å²) in [6.07, 6.45) is 5.25. The first-order valence-electron chi connectivity index (χ1n) is 2.60. The van der Waals surface area contributed by atoms with Crippen LogP contribution in [0.1, 0.15) is 0 Å². The number of nitro groups is 1. The Kier molecular flexibility index (Phi) is 1.79. The maximum atomic E-state index is 9.77. The van der Waals surface area contributed by atoms with Crippen molar-refractivity contribution in [1.82, 2.24) is 9.78 Å². The van der Waals surface area contributed by atoms with Gasteiger partial charge in [0.2, 0.25) is 0 Å². The second-order valence-electron chi connectivity index (χ2n) is 1.57. The van der Waals surface area contributed by atoms with Crippen LogP contribution in [0.2, 0.25) is 0 Å². The van der Waals surface area contributed by atoms with Crippen LogP contribution in [0.15, 0.2) is 24.7 Å². The molecule has 0 saturated heterocycles. The Bertz CT molecular complexity index is 239. The highest BCUT2D eigenvalue weighted by Gasteiger charge is 1.85. The normalized spacial score (nSPS) is 10.4. The van der Waals surface area contributed by atoms with Crippen molar-refractivity contribution in [2.45, 2.75) is 0 Å². The van der Waals surface area contributed by atoms with E-state index in [1.54, 1.807) is 18.5 Å². The van der Waals surface area contributed by atoms with Crippen molar-refractivity contribution in [3.8, 4) is 0 Å². The van der Waals surface area contributed by atoms with Gasteiger partial charge in [-0.25, -0.2) is 4.68 Å². The second kappa shape index (κ2) is 2.77. The molecule has 5 heteroatoms. The second-order valence-corrected chi connectivity index (χ2v) is 1.57. The molecule has 0 bridgehead atoms. The molecule has 0 N–H and O–H groups in total. The molecule has 1 heterocycles. The maximum absolute atomic E-state index is 9.77. The number of rotatable bonds is 2. The van der Waals surface area contributed by atoms with Gasteiger partial charge in [-0.2, -0.15) is 5.10 Å². The van der Waals surface area contributed by atoms with Crippen LogP contribution in [-0.4, -0.2) is 14.7 Å². The highest BCUT2D eigenvalue weighted by molar-refractivity contribution is 5.15. The summed E-state index contributed by atoms with van der Waals surface area (Å²) in [7, 11) is 0. The quantitative estimate of drug-likeness (QED) is 0.445. The Morgan fingerprint density at radius 3 is 3.00 bits per heavy atom. The van der Waals surface area contributed by atoms with Gasteiger partial charge in [-0.05, 0) is 6.07 Å². The monoisotopic (exact) mass is 139 g/mol. The average molecular weight is 139 g/mol. The lowest BCUT2D eigenvalue weighted by Gasteiger charge is -1.83. The summed E-state index contributed by atoms with van der Waals surface area (Å²) in [4.78, 5) is 9.23. The minimum atomic E-state index is -0.540. The molecule has 52 valence electrons. The molecule has 0 atom stereocenters. The molecule has 0 aliphatic heterocycles. The van der Waals surface area contributed by atoms with Gasteiger partial charge in [0.25, 0.3) is 6.20 Å². The van der Waals surface area contributed by atoms with Crippen molar-refractivity contribution >= 4 is 6.20 Å². The van der Waals surface area contributed by atoms with E-state index in [2.05, 4.69) is 5.10 Å². The molecule has 0 saturated carbocycles. The molecule has 0 aliphatic rings. The van der Waals surface area contributed by atoms with E-state index in [1.807, 2.05) is 0 Å². The number of hydrogen-bond acceptors (Lipinski definition) is 3. The molecule has 0 spiro atoms. The standard InChI is InChI=1S/C5H5N3O2/c9-8(10)5-4-7-3-1-2-6-7/h1-5H/b5-4+. The molecule has 0 aromatic carbocycles. The van der Waals surface area contributed by atoms with Gasteiger partial charge in [-0.15, -0.1) is 0 Å². The summed E-state index contributed by atoms with van der Waals surface area (Å²) in [6, 6.07) is 1.68. The van der Waals surface area contributed by atoms with Crippen LogP contribution in [0.3, 0.4) is 0 Å². The molecule has 0 fully saturated rings. The summed E-state index contributed by atoms with van der Waals surface area (Å²) in [6.45, 7) is 0. The van der Waals surface area contributed by atoms with Crippen molar-refractivity contribution in [3.63, 3.8) is 0 Å². The third-order valence-electron chi connectivity index (χ3n) is 0.866. The summed E-state index contributed by atoms with van der Waals surface area (Å²) >= 11 is 0. The van der Waals surface area contributed by atoms with Crippen molar-refractivity contribution in [1.29, 1.82) is 0 Å². The van der Waals surface area contributed by atoms with Gasteiger partial charge in [0.1, 0.15) is 0 Å². The summed E-state index contributed by atoms with van der Waals surface area (Å²) < 4.78 is 1.35. The van der Waals surface area contributed by atoms with Gasteiger partial charge in [0.15, 0.2) is 0 Å². The van der Waals surface area contributed by atoms with E-state index < -0.39 is 4.92 Å². The van der Waals surface area contributed by atoms with Gasteiger partial charge >= 0.3 is 0 Å². The van der Waals surface area contributed by atoms with Gasteiger partial charge in [0.05, 0.1) is 11.1 Å². The van der Waals surface area contributed by atoms with Crippen LogP contribution < -0.4 is 0 Å². The van der Waals surface area contributed by atoms with Gasteiger partial charge in [-0.1, -0.05) is 0 Å². The largest absolute Gasteiger partial charge is 0.259 e. The Morgan fingerprint density at radius 1 is 1.70 bits per heavy atom. The van der Waals surface area contributed by atoms with E-state index in [0.717, 1.165) is 6.20 Å². The molecule has 0 radical (unpaired) electrons.